The summed E-state index contributed by atoms with van der Waals surface area (Å²) in [6, 6.07) is 1.94. The van der Waals surface area contributed by atoms with E-state index in [1.807, 2.05) is 21.7 Å². The van der Waals surface area contributed by atoms with Crippen LogP contribution in [-0.2, 0) is 4.79 Å². The molecule has 0 spiro atoms. The Labute approximate surface area is 144 Å². The number of hydrogen-bond acceptors (Lipinski definition) is 3. The van der Waals surface area contributed by atoms with Crippen molar-refractivity contribution in [2.75, 3.05) is 13.1 Å². The van der Waals surface area contributed by atoms with E-state index in [2.05, 4.69) is 21.9 Å². The lowest BCUT2D eigenvalue weighted by Gasteiger charge is -2.37. The molecule has 0 radical (unpaired) electrons. The van der Waals surface area contributed by atoms with Gasteiger partial charge in [-0.3, -0.25) is 9.36 Å². The number of likely N-dealkylation sites (tertiary alicyclic amines) is 1. The molecule has 2 fully saturated rings. The number of H-pyrrole nitrogens is 2. The van der Waals surface area contributed by atoms with Crippen molar-refractivity contribution in [3.63, 3.8) is 0 Å². The summed E-state index contributed by atoms with van der Waals surface area (Å²) in [7, 11) is 0. The van der Waals surface area contributed by atoms with Gasteiger partial charge in [0.1, 0.15) is 5.65 Å². The number of hydrogen-bond donors (Lipinski definition) is 2. The molecule has 7 nitrogen and oxygen atoms in total. The maximum absolute atomic E-state index is 12.7. The molecule has 130 valence electrons. The highest BCUT2D eigenvalue weighted by atomic mass is 16.2. The van der Waals surface area contributed by atoms with Gasteiger partial charge in [0.25, 0.3) is 0 Å². The summed E-state index contributed by atoms with van der Waals surface area (Å²) in [5, 5.41) is 0.939. The molecule has 1 saturated carbocycles. The van der Waals surface area contributed by atoms with Crippen molar-refractivity contribution in [2.45, 2.75) is 32.2 Å². The molecular weight excluding hydrogens is 318 g/mol. The van der Waals surface area contributed by atoms with Gasteiger partial charge in [-0.05, 0) is 31.2 Å². The second-order valence-corrected chi connectivity index (χ2v) is 7.45. The van der Waals surface area contributed by atoms with Crippen molar-refractivity contribution in [1.29, 1.82) is 0 Å². The molecule has 3 aromatic heterocycles. The molecule has 2 atom stereocenters. The fraction of sp³-hybridized carbons (Fsp3) is 0.500. The molecule has 1 aliphatic heterocycles. The van der Waals surface area contributed by atoms with Crippen LogP contribution in [0.1, 0.15) is 32.2 Å². The summed E-state index contributed by atoms with van der Waals surface area (Å²) in [6.07, 6.45) is 6.49. The maximum atomic E-state index is 12.7. The standard InChI is InChI=1S/C18H21N5O2/c1-10-5-7-22(17(24)11-2-3-11)9-14(10)23-15-12-4-6-19-16(12)20-8-13(15)21-18(23)25/h4,6,8,10-11,14H,2-3,5,7,9H2,1H3,(H,19,20)(H,21,25). The zero-order valence-electron chi connectivity index (χ0n) is 14.2. The van der Waals surface area contributed by atoms with Crippen molar-refractivity contribution < 1.29 is 4.79 Å². The van der Waals surface area contributed by atoms with E-state index in [-0.39, 0.29) is 23.6 Å². The molecule has 2 unspecified atom stereocenters. The predicted molar refractivity (Wildman–Crippen MR) is 94.3 cm³/mol. The average Bonchev–Trinajstić information content (AvgIpc) is 3.25. The van der Waals surface area contributed by atoms with Crippen LogP contribution in [0, 0.1) is 11.8 Å². The minimum absolute atomic E-state index is 0.0156. The Morgan fingerprint density at radius 2 is 2.16 bits per heavy atom. The molecule has 25 heavy (non-hydrogen) atoms. The van der Waals surface area contributed by atoms with Crippen molar-refractivity contribution >= 4 is 28.0 Å². The van der Waals surface area contributed by atoms with E-state index < -0.39 is 0 Å². The summed E-state index contributed by atoms with van der Waals surface area (Å²) in [4.78, 5) is 37.6. The van der Waals surface area contributed by atoms with Crippen molar-refractivity contribution in [1.82, 2.24) is 24.4 Å². The summed E-state index contributed by atoms with van der Waals surface area (Å²) in [5.41, 5.74) is 2.28. The van der Waals surface area contributed by atoms with E-state index in [9.17, 15) is 9.59 Å². The van der Waals surface area contributed by atoms with Crippen LogP contribution in [0.5, 0.6) is 0 Å². The third-order valence-electron chi connectivity index (χ3n) is 5.75. The molecule has 2 aliphatic rings. The van der Waals surface area contributed by atoms with Crippen LogP contribution >= 0.6 is 0 Å². The molecule has 0 bridgehead atoms. The summed E-state index contributed by atoms with van der Waals surface area (Å²) >= 11 is 0. The topological polar surface area (TPSA) is 86.8 Å². The minimum Gasteiger partial charge on any atom is -0.346 e. The van der Waals surface area contributed by atoms with Crippen LogP contribution in [0.2, 0.25) is 0 Å². The Morgan fingerprint density at radius 1 is 1.32 bits per heavy atom. The van der Waals surface area contributed by atoms with E-state index in [1.54, 1.807) is 6.20 Å². The van der Waals surface area contributed by atoms with Crippen LogP contribution in [0.3, 0.4) is 0 Å². The molecular formula is C18H21N5O2. The lowest BCUT2D eigenvalue weighted by molar-refractivity contribution is -0.134. The van der Waals surface area contributed by atoms with Crippen LogP contribution < -0.4 is 5.69 Å². The largest absolute Gasteiger partial charge is 0.346 e. The van der Waals surface area contributed by atoms with Gasteiger partial charge in [0, 0.05) is 30.6 Å². The van der Waals surface area contributed by atoms with E-state index >= 15 is 0 Å². The highest BCUT2D eigenvalue weighted by Crippen LogP contribution is 2.35. The fourth-order valence-electron chi connectivity index (χ4n) is 4.11. The first kappa shape index (κ1) is 14.7. The quantitative estimate of drug-likeness (QED) is 0.749. The highest BCUT2D eigenvalue weighted by Gasteiger charge is 2.38. The van der Waals surface area contributed by atoms with E-state index in [0.717, 1.165) is 47.9 Å². The molecule has 1 amide bonds. The van der Waals surface area contributed by atoms with Crippen molar-refractivity contribution in [3.8, 4) is 0 Å². The number of carbonyl (C=O) groups is 1. The molecule has 3 aromatic rings. The van der Waals surface area contributed by atoms with Crippen LogP contribution in [-0.4, -0.2) is 43.4 Å². The first-order chi connectivity index (χ1) is 12.1. The van der Waals surface area contributed by atoms with Gasteiger partial charge in [0.2, 0.25) is 5.91 Å². The number of piperidine rings is 1. The molecule has 1 aliphatic carbocycles. The number of nitrogens with one attached hydrogen (secondary N) is 2. The lowest BCUT2D eigenvalue weighted by Crippen LogP contribution is -2.46. The van der Waals surface area contributed by atoms with Crippen LogP contribution in [0.15, 0.2) is 23.3 Å². The van der Waals surface area contributed by atoms with E-state index in [4.69, 9.17) is 0 Å². The zero-order chi connectivity index (χ0) is 17.1. The first-order valence-corrected chi connectivity index (χ1v) is 8.98. The van der Waals surface area contributed by atoms with E-state index in [1.165, 1.54) is 0 Å². The highest BCUT2D eigenvalue weighted by molar-refractivity contribution is 6.01. The van der Waals surface area contributed by atoms with Crippen LogP contribution in [0.25, 0.3) is 22.1 Å². The van der Waals surface area contributed by atoms with Gasteiger partial charge >= 0.3 is 5.69 Å². The molecule has 7 heteroatoms. The number of imidazole rings is 1. The Kier molecular flexibility index (Phi) is 3.07. The third-order valence-corrected chi connectivity index (χ3v) is 5.75. The number of nitrogens with zero attached hydrogens (tertiary/aromatic N) is 3. The molecule has 0 aromatic carbocycles. The molecule has 1 saturated heterocycles. The van der Waals surface area contributed by atoms with Crippen molar-refractivity contribution in [2.24, 2.45) is 11.8 Å². The molecule has 5 rings (SSSR count). The fourth-order valence-corrected chi connectivity index (χ4v) is 4.11. The summed E-state index contributed by atoms with van der Waals surface area (Å²) < 4.78 is 1.85. The van der Waals surface area contributed by atoms with E-state index in [0.29, 0.717) is 12.5 Å². The lowest BCUT2D eigenvalue weighted by atomic mass is 9.92. The monoisotopic (exact) mass is 339 g/mol. The maximum Gasteiger partial charge on any atom is 0.326 e. The second kappa shape index (κ2) is 5.21. The zero-order valence-corrected chi connectivity index (χ0v) is 14.2. The normalized spacial score (nSPS) is 24.3. The van der Waals surface area contributed by atoms with Gasteiger partial charge in [0.05, 0.1) is 23.3 Å². The SMILES string of the molecule is CC1CCN(C(=O)C2CC2)CC1n1c(=O)[nH]c2cnc3[nH]ccc3c21. The minimum atomic E-state index is -0.122. The summed E-state index contributed by atoms with van der Waals surface area (Å²) in [5.74, 6) is 0.815. The number of amides is 1. The Morgan fingerprint density at radius 3 is 2.96 bits per heavy atom. The van der Waals surface area contributed by atoms with Gasteiger partial charge < -0.3 is 14.9 Å². The average molecular weight is 339 g/mol. The van der Waals surface area contributed by atoms with Gasteiger partial charge in [-0.2, -0.15) is 0 Å². The van der Waals surface area contributed by atoms with Crippen molar-refractivity contribution in [3.05, 3.63) is 28.9 Å². The number of pyridine rings is 1. The molecule has 4 heterocycles. The Balaban J connectivity index is 1.63. The number of rotatable bonds is 2. The number of carbonyl (C=O) groups excluding carboxylic acids is 1. The Bertz CT molecular complexity index is 1030. The predicted octanol–water partition coefficient (Wildman–Crippen LogP) is 2.03. The van der Waals surface area contributed by atoms with Gasteiger partial charge in [0.15, 0.2) is 0 Å². The number of fused-ring (bicyclic) bond motifs is 3. The smallest absolute Gasteiger partial charge is 0.326 e. The number of aromatic nitrogens is 4. The van der Waals surface area contributed by atoms with Gasteiger partial charge in [-0.25, -0.2) is 9.78 Å². The second-order valence-electron chi connectivity index (χ2n) is 7.45. The Hall–Kier alpha value is -2.57. The third kappa shape index (κ3) is 2.22. The summed E-state index contributed by atoms with van der Waals surface area (Å²) in [6.45, 7) is 3.58. The van der Waals surface area contributed by atoms with Gasteiger partial charge in [-0.1, -0.05) is 6.92 Å². The van der Waals surface area contributed by atoms with Crippen LogP contribution in [0.4, 0.5) is 0 Å². The number of aromatic amines is 2. The van der Waals surface area contributed by atoms with Gasteiger partial charge in [-0.15, -0.1) is 0 Å². The molecule has 2 N–H and O–H groups in total. The first-order valence-electron chi connectivity index (χ1n) is 8.98.